The number of carbonyl (C=O) groups is 1. The van der Waals surface area contributed by atoms with Gasteiger partial charge >= 0.3 is 0 Å². The normalized spacial score (nSPS) is 10.8. The smallest absolute Gasteiger partial charge is 0.230 e. The summed E-state index contributed by atoms with van der Waals surface area (Å²) < 4.78 is 6.80. The van der Waals surface area contributed by atoms with Gasteiger partial charge in [-0.25, -0.2) is 9.97 Å². The number of aromatic nitrogens is 2. The quantitative estimate of drug-likeness (QED) is 0.701. The van der Waals surface area contributed by atoms with Gasteiger partial charge in [-0.2, -0.15) is 0 Å². The lowest BCUT2D eigenvalue weighted by molar-refractivity contribution is -0.118. The van der Waals surface area contributed by atoms with Crippen LogP contribution >= 0.6 is 15.9 Å². The number of benzene rings is 2. The number of nitrogens with zero attached hydrogens (tertiary/aromatic N) is 2. The number of fused-ring (bicyclic) bond motifs is 1. The van der Waals surface area contributed by atoms with Crippen LogP contribution in [0.5, 0.6) is 11.6 Å². The van der Waals surface area contributed by atoms with Gasteiger partial charge in [0.05, 0.1) is 10.9 Å². The minimum absolute atomic E-state index is 0.0182. The first-order chi connectivity index (χ1) is 11.5. The maximum absolute atomic E-state index is 11.7. The maximum atomic E-state index is 11.7. The maximum Gasteiger partial charge on any atom is 0.230 e. The molecule has 1 heterocycles. The van der Waals surface area contributed by atoms with Crippen LogP contribution in [0.15, 0.2) is 53.3 Å². The Balaban J connectivity index is 1.82. The van der Waals surface area contributed by atoms with Crippen molar-refractivity contribution >= 4 is 38.4 Å². The van der Waals surface area contributed by atoms with Gasteiger partial charge in [0.25, 0.3) is 0 Å². The van der Waals surface area contributed by atoms with Gasteiger partial charge in [0.2, 0.25) is 11.8 Å². The fourth-order valence-corrected chi connectivity index (χ4v) is 2.45. The molecule has 0 aliphatic carbocycles. The fraction of sp³-hybridized carbons (Fsp3) is 0.167. The third kappa shape index (κ3) is 3.71. The number of nitrogens with one attached hydrogen (secondary N) is 1. The first-order valence-corrected chi connectivity index (χ1v) is 8.31. The van der Waals surface area contributed by atoms with E-state index in [0.29, 0.717) is 11.6 Å². The molecular weight excluding hydrogens is 370 g/mol. The molecule has 3 aromatic rings. The summed E-state index contributed by atoms with van der Waals surface area (Å²) in [5.74, 6) is 1.04. The first kappa shape index (κ1) is 16.4. The molecule has 122 valence electrons. The lowest BCUT2D eigenvalue weighted by Gasteiger charge is -2.10. The third-order valence-electron chi connectivity index (χ3n) is 3.42. The monoisotopic (exact) mass is 385 g/mol. The Kier molecular flexibility index (Phi) is 4.76. The van der Waals surface area contributed by atoms with Crippen LogP contribution in [0.3, 0.4) is 0 Å². The number of amides is 1. The highest BCUT2D eigenvalue weighted by Crippen LogP contribution is 2.29. The van der Waals surface area contributed by atoms with E-state index in [-0.39, 0.29) is 11.8 Å². The zero-order valence-electron chi connectivity index (χ0n) is 13.3. The second-order valence-corrected chi connectivity index (χ2v) is 6.53. The minimum Gasteiger partial charge on any atom is -0.438 e. The van der Waals surface area contributed by atoms with E-state index in [4.69, 9.17) is 4.74 Å². The first-order valence-electron chi connectivity index (χ1n) is 7.52. The zero-order valence-corrected chi connectivity index (χ0v) is 14.9. The van der Waals surface area contributed by atoms with E-state index in [1.165, 1.54) is 6.33 Å². The molecule has 0 atom stereocenters. The SMILES string of the molecule is CC(C)C(=O)Nc1ccc(Oc2ncnc3ccc(Br)cc23)cc1. The number of hydrogen-bond acceptors (Lipinski definition) is 4. The van der Waals surface area contributed by atoms with Gasteiger partial charge in [-0.3, -0.25) is 4.79 Å². The molecule has 0 fully saturated rings. The predicted molar refractivity (Wildman–Crippen MR) is 97.2 cm³/mol. The number of carbonyl (C=O) groups excluding carboxylic acids is 1. The minimum atomic E-state index is -0.0632. The van der Waals surface area contributed by atoms with Gasteiger partial charge in [0.1, 0.15) is 12.1 Å². The van der Waals surface area contributed by atoms with Gasteiger partial charge in [0.15, 0.2) is 0 Å². The van der Waals surface area contributed by atoms with Crippen molar-refractivity contribution in [3.8, 4) is 11.6 Å². The van der Waals surface area contributed by atoms with Crippen molar-refractivity contribution in [1.82, 2.24) is 9.97 Å². The summed E-state index contributed by atoms with van der Waals surface area (Å²) in [6, 6.07) is 12.9. The lowest BCUT2D eigenvalue weighted by Crippen LogP contribution is -2.17. The van der Waals surface area contributed by atoms with E-state index in [2.05, 4.69) is 31.2 Å². The topological polar surface area (TPSA) is 64.1 Å². The largest absolute Gasteiger partial charge is 0.438 e. The number of ether oxygens (including phenoxy) is 1. The Morgan fingerprint density at radius 3 is 2.58 bits per heavy atom. The van der Waals surface area contributed by atoms with Crippen molar-refractivity contribution in [2.24, 2.45) is 5.92 Å². The van der Waals surface area contributed by atoms with Crippen LogP contribution in [-0.4, -0.2) is 15.9 Å². The van der Waals surface area contributed by atoms with E-state index in [1.807, 2.05) is 32.0 Å². The summed E-state index contributed by atoms with van der Waals surface area (Å²) in [6.45, 7) is 3.70. The molecule has 1 N–H and O–H groups in total. The molecule has 6 heteroatoms. The number of rotatable bonds is 4. The molecule has 2 aromatic carbocycles. The Labute approximate surface area is 148 Å². The average molecular weight is 386 g/mol. The highest BCUT2D eigenvalue weighted by Gasteiger charge is 2.09. The van der Waals surface area contributed by atoms with Crippen LogP contribution in [0, 0.1) is 5.92 Å². The summed E-state index contributed by atoms with van der Waals surface area (Å²) in [6.07, 6.45) is 1.48. The van der Waals surface area contributed by atoms with E-state index in [0.717, 1.165) is 21.1 Å². The van der Waals surface area contributed by atoms with Crippen molar-refractivity contribution in [3.05, 3.63) is 53.3 Å². The molecule has 5 nitrogen and oxygen atoms in total. The number of anilines is 1. The molecule has 0 saturated carbocycles. The number of hydrogen-bond donors (Lipinski definition) is 1. The molecule has 0 radical (unpaired) electrons. The molecular formula is C18H16BrN3O2. The molecule has 1 amide bonds. The van der Waals surface area contributed by atoms with Gasteiger partial charge in [-0.05, 0) is 42.5 Å². The molecule has 24 heavy (non-hydrogen) atoms. The van der Waals surface area contributed by atoms with Crippen LogP contribution in [-0.2, 0) is 4.79 Å². The van der Waals surface area contributed by atoms with Crippen LogP contribution in [0.1, 0.15) is 13.8 Å². The molecule has 0 aliphatic heterocycles. The molecule has 1 aromatic heterocycles. The van der Waals surface area contributed by atoms with Crippen LogP contribution in [0.25, 0.3) is 10.9 Å². The predicted octanol–water partition coefficient (Wildman–Crippen LogP) is 4.78. The van der Waals surface area contributed by atoms with Crippen LogP contribution in [0.4, 0.5) is 5.69 Å². The van der Waals surface area contributed by atoms with Gasteiger partial charge in [-0.15, -0.1) is 0 Å². The molecule has 0 spiro atoms. The fourth-order valence-electron chi connectivity index (χ4n) is 2.09. The van der Waals surface area contributed by atoms with E-state index in [1.54, 1.807) is 24.3 Å². The van der Waals surface area contributed by atoms with Crippen molar-refractivity contribution in [2.45, 2.75) is 13.8 Å². The van der Waals surface area contributed by atoms with E-state index < -0.39 is 0 Å². The Morgan fingerprint density at radius 1 is 1.12 bits per heavy atom. The van der Waals surface area contributed by atoms with Gasteiger partial charge in [-0.1, -0.05) is 29.8 Å². The van der Waals surface area contributed by atoms with Crippen molar-refractivity contribution < 1.29 is 9.53 Å². The summed E-state index contributed by atoms with van der Waals surface area (Å²) in [5, 5.41) is 3.67. The van der Waals surface area contributed by atoms with E-state index in [9.17, 15) is 4.79 Å². The van der Waals surface area contributed by atoms with Gasteiger partial charge < -0.3 is 10.1 Å². The summed E-state index contributed by atoms with van der Waals surface area (Å²) in [5.41, 5.74) is 1.54. The average Bonchev–Trinajstić information content (AvgIpc) is 2.57. The Bertz CT molecular complexity index is 879. The van der Waals surface area contributed by atoms with Crippen molar-refractivity contribution in [3.63, 3.8) is 0 Å². The number of halogens is 1. The Morgan fingerprint density at radius 2 is 1.88 bits per heavy atom. The summed E-state index contributed by atoms with van der Waals surface area (Å²) in [4.78, 5) is 20.1. The summed E-state index contributed by atoms with van der Waals surface area (Å²) >= 11 is 3.44. The second kappa shape index (κ2) is 6.97. The van der Waals surface area contributed by atoms with Crippen LogP contribution in [0.2, 0.25) is 0 Å². The third-order valence-corrected chi connectivity index (χ3v) is 3.91. The van der Waals surface area contributed by atoms with Crippen LogP contribution < -0.4 is 10.1 Å². The lowest BCUT2D eigenvalue weighted by atomic mass is 10.2. The second-order valence-electron chi connectivity index (χ2n) is 5.61. The highest BCUT2D eigenvalue weighted by molar-refractivity contribution is 9.10. The summed E-state index contributed by atoms with van der Waals surface area (Å²) in [7, 11) is 0. The molecule has 0 saturated heterocycles. The molecule has 0 aliphatic rings. The molecule has 0 unspecified atom stereocenters. The zero-order chi connectivity index (χ0) is 17.1. The standard InChI is InChI=1S/C18H16BrN3O2/c1-11(2)17(23)22-13-4-6-14(7-5-13)24-18-15-9-12(19)3-8-16(15)20-10-21-18/h3-11H,1-2H3,(H,22,23). The van der Waals surface area contributed by atoms with Crippen molar-refractivity contribution in [1.29, 1.82) is 0 Å². The molecule has 0 bridgehead atoms. The van der Waals surface area contributed by atoms with Gasteiger partial charge in [0, 0.05) is 16.1 Å². The Hall–Kier alpha value is -2.47. The molecule has 3 rings (SSSR count). The van der Waals surface area contributed by atoms with Crippen molar-refractivity contribution in [2.75, 3.05) is 5.32 Å². The highest BCUT2D eigenvalue weighted by atomic mass is 79.9. The van der Waals surface area contributed by atoms with E-state index >= 15 is 0 Å².